The Hall–Kier alpha value is -4.59. The van der Waals surface area contributed by atoms with Crippen LogP contribution in [0.25, 0.3) is 21.1 Å². The van der Waals surface area contributed by atoms with Crippen molar-refractivity contribution in [3.8, 4) is 17.2 Å². The molecular weight excluding hydrogens is 603 g/mol. The van der Waals surface area contributed by atoms with E-state index in [1.54, 1.807) is 24.1 Å². The first kappa shape index (κ1) is 28.5. The number of pyridine rings is 1. The molecule has 220 valence electrons. The van der Waals surface area contributed by atoms with Crippen LogP contribution in [-0.4, -0.2) is 57.7 Å². The van der Waals surface area contributed by atoms with E-state index in [0.717, 1.165) is 11.0 Å². The molecule has 4 heterocycles. The fourth-order valence-corrected chi connectivity index (χ4v) is 6.28. The molecule has 3 aromatic heterocycles. The van der Waals surface area contributed by atoms with Gasteiger partial charge in [0.15, 0.2) is 11.6 Å². The van der Waals surface area contributed by atoms with Crippen LogP contribution in [0, 0.1) is 22.9 Å². The first-order valence-corrected chi connectivity index (χ1v) is 14.2. The Morgan fingerprint density at radius 3 is 2.63 bits per heavy atom. The third-order valence-electron chi connectivity index (χ3n) is 7.21. The third kappa shape index (κ3) is 5.15. The van der Waals surface area contributed by atoms with Crippen LogP contribution in [0.2, 0.25) is 5.02 Å². The van der Waals surface area contributed by atoms with Gasteiger partial charge in [0.1, 0.15) is 11.5 Å². The SMILES string of the molecule is COC1CCN(C(=O)c2cc3nccc(Oc4ccc5c(c4F)c(Cl)c(C)n5C(=O)Oc4ccc([N+](=O)[O-])cc4)c3s2)C1. The number of likely N-dealkylation sites (tertiary alicyclic amines) is 1. The number of benzene rings is 2. The highest BCUT2D eigenvalue weighted by Gasteiger charge is 2.29. The molecule has 14 heteroatoms. The normalized spacial score (nSPS) is 14.9. The van der Waals surface area contributed by atoms with Crippen LogP contribution in [0.1, 0.15) is 21.8 Å². The lowest BCUT2D eigenvalue weighted by Crippen LogP contribution is -2.29. The Kier molecular flexibility index (Phi) is 7.46. The van der Waals surface area contributed by atoms with Crippen LogP contribution in [-0.2, 0) is 4.74 Å². The molecule has 2 aromatic carbocycles. The van der Waals surface area contributed by atoms with E-state index in [-0.39, 0.29) is 50.8 Å². The van der Waals surface area contributed by atoms with E-state index in [2.05, 4.69) is 4.98 Å². The van der Waals surface area contributed by atoms with Crippen molar-refractivity contribution >= 4 is 61.7 Å². The van der Waals surface area contributed by atoms with Crippen molar-refractivity contribution in [1.29, 1.82) is 0 Å². The van der Waals surface area contributed by atoms with E-state index in [0.29, 0.717) is 33.9 Å². The second kappa shape index (κ2) is 11.2. The second-order valence-electron chi connectivity index (χ2n) is 9.76. The van der Waals surface area contributed by atoms with Crippen molar-refractivity contribution in [2.45, 2.75) is 19.4 Å². The zero-order chi connectivity index (χ0) is 30.4. The number of nitro groups is 1. The van der Waals surface area contributed by atoms with Gasteiger partial charge in [0.2, 0.25) is 0 Å². The van der Waals surface area contributed by atoms with Crippen molar-refractivity contribution in [3.05, 3.63) is 86.3 Å². The van der Waals surface area contributed by atoms with Gasteiger partial charge in [-0.1, -0.05) is 11.6 Å². The fourth-order valence-electron chi connectivity index (χ4n) is 4.98. The van der Waals surface area contributed by atoms with Crippen molar-refractivity contribution in [2.75, 3.05) is 20.2 Å². The number of rotatable bonds is 6. The summed E-state index contributed by atoms with van der Waals surface area (Å²) < 4.78 is 34.3. The van der Waals surface area contributed by atoms with Crippen LogP contribution in [0.15, 0.2) is 54.7 Å². The molecule has 43 heavy (non-hydrogen) atoms. The maximum absolute atomic E-state index is 15.9. The molecule has 0 radical (unpaired) electrons. The standard InChI is InChI=1S/C29H22ClFN4O7S/c1-15-25(30)24-20(34(15)29(37)41-17-5-3-16(4-6-17)35(38)39)7-8-21(26(24)31)42-22-9-11-32-19-13-23(43-27(19)22)28(36)33-12-10-18(14-33)40-2/h3-9,11,13,18H,10,12,14H2,1-2H3. The van der Waals surface area contributed by atoms with E-state index in [1.165, 1.54) is 60.9 Å². The van der Waals surface area contributed by atoms with Crippen LogP contribution in [0.3, 0.4) is 0 Å². The number of fused-ring (bicyclic) bond motifs is 2. The third-order valence-corrected chi connectivity index (χ3v) is 8.79. The van der Waals surface area contributed by atoms with Gasteiger partial charge in [-0.15, -0.1) is 11.3 Å². The second-order valence-corrected chi connectivity index (χ2v) is 11.2. The predicted molar refractivity (Wildman–Crippen MR) is 157 cm³/mol. The summed E-state index contributed by atoms with van der Waals surface area (Å²) in [6, 6.07) is 11.1. The van der Waals surface area contributed by atoms with Crippen LogP contribution < -0.4 is 9.47 Å². The number of carbonyl (C=O) groups is 2. The van der Waals surface area contributed by atoms with Crippen molar-refractivity contribution in [3.63, 3.8) is 0 Å². The molecule has 0 aliphatic carbocycles. The number of nitro benzene ring substituents is 1. The Balaban J connectivity index is 1.29. The van der Waals surface area contributed by atoms with Crippen LogP contribution in [0.5, 0.6) is 17.2 Å². The number of non-ortho nitro benzene ring substituents is 1. The number of carbonyl (C=O) groups excluding carboxylic acids is 2. The number of aromatic nitrogens is 2. The lowest BCUT2D eigenvalue weighted by atomic mass is 10.2. The van der Waals surface area contributed by atoms with Gasteiger partial charge in [0.25, 0.3) is 11.6 Å². The molecule has 1 saturated heterocycles. The molecule has 11 nitrogen and oxygen atoms in total. The number of hydrogen-bond acceptors (Lipinski definition) is 9. The van der Waals surface area contributed by atoms with Gasteiger partial charge in [-0.05, 0) is 43.7 Å². The average molecular weight is 625 g/mol. The lowest BCUT2D eigenvalue weighted by Gasteiger charge is -2.14. The minimum Gasteiger partial charge on any atom is -0.453 e. The molecule has 0 spiro atoms. The van der Waals surface area contributed by atoms with E-state index in [4.69, 9.17) is 25.8 Å². The Morgan fingerprint density at radius 1 is 1.16 bits per heavy atom. The number of amides is 1. The molecule has 1 unspecified atom stereocenters. The largest absolute Gasteiger partial charge is 0.453 e. The summed E-state index contributed by atoms with van der Waals surface area (Å²) in [7, 11) is 1.62. The Morgan fingerprint density at radius 2 is 1.93 bits per heavy atom. The fraction of sp³-hybridized carbons (Fsp3) is 0.207. The van der Waals surface area contributed by atoms with E-state index in [9.17, 15) is 19.7 Å². The van der Waals surface area contributed by atoms with Crippen molar-refractivity contribution in [2.24, 2.45) is 0 Å². The maximum Gasteiger partial charge on any atom is 0.424 e. The summed E-state index contributed by atoms with van der Waals surface area (Å²) in [4.78, 5) is 43.0. The van der Waals surface area contributed by atoms with Gasteiger partial charge in [-0.3, -0.25) is 19.9 Å². The molecule has 1 amide bonds. The number of methoxy groups -OCH3 is 1. The smallest absolute Gasteiger partial charge is 0.424 e. The van der Waals surface area contributed by atoms with Gasteiger partial charge in [0, 0.05) is 50.3 Å². The predicted octanol–water partition coefficient (Wildman–Crippen LogP) is 6.96. The maximum atomic E-state index is 15.9. The van der Waals surface area contributed by atoms with Gasteiger partial charge in [-0.2, -0.15) is 0 Å². The highest BCUT2D eigenvalue weighted by atomic mass is 35.5. The highest BCUT2D eigenvalue weighted by molar-refractivity contribution is 7.21. The number of nitrogens with zero attached hydrogens (tertiary/aromatic N) is 4. The highest BCUT2D eigenvalue weighted by Crippen LogP contribution is 2.40. The van der Waals surface area contributed by atoms with E-state index < -0.39 is 16.8 Å². The molecule has 6 rings (SSSR count). The Bertz CT molecular complexity index is 1920. The van der Waals surface area contributed by atoms with Crippen molar-refractivity contribution < 1.29 is 33.1 Å². The summed E-state index contributed by atoms with van der Waals surface area (Å²) in [5.41, 5.74) is 0.737. The zero-order valence-electron chi connectivity index (χ0n) is 22.7. The molecule has 1 fully saturated rings. The minimum atomic E-state index is -0.877. The minimum absolute atomic E-state index is 0.00254. The summed E-state index contributed by atoms with van der Waals surface area (Å²) in [5, 5.41) is 10.8. The Labute approximate surface area is 252 Å². The van der Waals surface area contributed by atoms with Gasteiger partial charge >= 0.3 is 6.09 Å². The quantitative estimate of drug-likeness (QED) is 0.147. The van der Waals surface area contributed by atoms with Gasteiger partial charge in [-0.25, -0.2) is 13.8 Å². The molecule has 0 bridgehead atoms. The van der Waals surface area contributed by atoms with Gasteiger partial charge < -0.3 is 19.1 Å². The van der Waals surface area contributed by atoms with E-state index >= 15 is 4.39 Å². The summed E-state index contributed by atoms with van der Waals surface area (Å²) in [6.07, 6.45) is 1.40. The monoisotopic (exact) mass is 624 g/mol. The summed E-state index contributed by atoms with van der Waals surface area (Å²) in [5.74, 6) is -0.717. The topological polar surface area (TPSA) is 126 Å². The molecule has 1 aliphatic rings. The molecule has 0 N–H and O–H groups in total. The zero-order valence-corrected chi connectivity index (χ0v) is 24.3. The van der Waals surface area contributed by atoms with Crippen LogP contribution in [0.4, 0.5) is 14.9 Å². The first-order chi connectivity index (χ1) is 20.7. The number of halogens is 2. The molecule has 0 saturated carbocycles. The van der Waals surface area contributed by atoms with Gasteiger partial charge in [0.05, 0.1) is 42.0 Å². The average Bonchev–Trinajstić information content (AvgIpc) is 3.72. The number of hydrogen-bond donors (Lipinski definition) is 0. The first-order valence-electron chi connectivity index (χ1n) is 13.0. The summed E-state index contributed by atoms with van der Waals surface area (Å²) >= 11 is 7.69. The number of thiophene rings is 1. The summed E-state index contributed by atoms with van der Waals surface area (Å²) in [6.45, 7) is 2.63. The molecule has 1 atom stereocenters. The molecular formula is C29H22ClFN4O7S. The lowest BCUT2D eigenvalue weighted by molar-refractivity contribution is -0.384. The van der Waals surface area contributed by atoms with E-state index in [1.807, 2.05) is 0 Å². The van der Waals surface area contributed by atoms with Crippen LogP contribution >= 0.6 is 22.9 Å². The number of ether oxygens (including phenoxy) is 3. The van der Waals surface area contributed by atoms with Crippen molar-refractivity contribution in [1.82, 2.24) is 14.5 Å². The molecule has 5 aromatic rings. The molecule has 1 aliphatic heterocycles.